The van der Waals surface area contributed by atoms with E-state index >= 15 is 0 Å². The molecular weight excluding hydrogens is 272 g/mol. The SMILES string of the molecule is CCCOC(=O)C=Cc1ccc2cc3ccccc3cc2c1. The molecule has 0 atom stereocenters. The topological polar surface area (TPSA) is 26.3 Å². The van der Waals surface area contributed by atoms with E-state index in [9.17, 15) is 4.79 Å². The maximum Gasteiger partial charge on any atom is 0.330 e. The molecule has 3 rings (SSSR count). The number of carbonyl (C=O) groups excluding carboxylic acids is 1. The molecule has 0 radical (unpaired) electrons. The molecule has 0 aromatic heterocycles. The van der Waals surface area contributed by atoms with Crippen LogP contribution < -0.4 is 0 Å². The van der Waals surface area contributed by atoms with Gasteiger partial charge < -0.3 is 4.74 Å². The highest BCUT2D eigenvalue weighted by molar-refractivity contribution is 5.99. The van der Waals surface area contributed by atoms with Crippen LogP contribution in [0, 0.1) is 0 Å². The number of rotatable bonds is 4. The van der Waals surface area contributed by atoms with E-state index in [0.29, 0.717) is 6.61 Å². The van der Waals surface area contributed by atoms with E-state index < -0.39 is 0 Å². The zero-order valence-corrected chi connectivity index (χ0v) is 12.6. The van der Waals surface area contributed by atoms with Crippen molar-refractivity contribution in [1.29, 1.82) is 0 Å². The first-order valence-corrected chi connectivity index (χ1v) is 7.53. The summed E-state index contributed by atoms with van der Waals surface area (Å²) in [5.74, 6) is -0.291. The van der Waals surface area contributed by atoms with E-state index in [1.807, 2.05) is 25.1 Å². The third kappa shape index (κ3) is 3.17. The maximum absolute atomic E-state index is 11.5. The number of carbonyl (C=O) groups is 1. The van der Waals surface area contributed by atoms with Crippen LogP contribution in [0.5, 0.6) is 0 Å². The largest absolute Gasteiger partial charge is 0.463 e. The van der Waals surface area contributed by atoms with Gasteiger partial charge >= 0.3 is 5.97 Å². The lowest BCUT2D eigenvalue weighted by Crippen LogP contribution is -2.00. The number of hydrogen-bond acceptors (Lipinski definition) is 2. The molecule has 22 heavy (non-hydrogen) atoms. The molecule has 3 aromatic carbocycles. The Bertz CT molecular complexity index is 847. The van der Waals surface area contributed by atoms with Crippen molar-refractivity contribution in [3.05, 3.63) is 66.2 Å². The van der Waals surface area contributed by atoms with Gasteiger partial charge in [-0.25, -0.2) is 4.79 Å². The van der Waals surface area contributed by atoms with E-state index in [4.69, 9.17) is 4.74 Å². The average molecular weight is 290 g/mol. The second kappa shape index (κ2) is 6.44. The number of benzene rings is 3. The van der Waals surface area contributed by atoms with Crippen LogP contribution >= 0.6 is 0 Å². The normalized spacial score (nSPS) is 11.3. The minimum Gasteiger partial charge on any atom is -0.463 e. The summed E-state index contributed by atoms with van der Waals surface area (Å²) in [6, 6.07) is 18.9. The number of hydrogen-bond donors (Lipinski definition) is 0. The number of esters is 1. The first-order chi connectivity index (χ1) is 10.8. The molecule has 0 saturated heterocycles. The van der Waals surface area contributed by atoms with Crippen molar-refractivity contribution >= 4 is 33.6 Å². The van der Waals surface area contributed by atoms with Crippen LogP contribution in [0.1, 0.15) is 18.9 Å². The molecular formula is C20H18O2. The van der Waals surface area contributed by atoms with Crippen molar-refractivity contribution in [2.45, 2.75) is 13.3 Å². The van der Waals surface area contributed by atoms with Crippen molar-refractivity contribution in [1.82, 2.24) is 0 Å². The van der Waals surface area contributed by atoms with Gasteiger partial charge in [-0.05, 0) is 57.8 Å². The van der Waals surface area contributed by atoms with Gasteiger partial charge in [0, 0.05) is 6.08 Å². The summed E-state index contributed by atoms with van der Waals surface area (Å²) in [6.45, 7) is 2.44. The second-order valence-electron chi connectivity index (χ2n) is 5.31. The highest BCUT2D eigenvalue weighted by atomic mass is 16.5. The number of ether oxygens (including phenoxy) is 1. The van der Waals surface area contributed by atoms with Crippen LogP contribution in [0.3, 0.4) is 0 Å². The Hall–Kier alpha value is -2.61. The molecule has 2 heteroatoms. The summed E-state index contributed by atoms with van der Waals surface area (Å²) in [4.78, 5) is 11.5. The molecule has 2 nitrogen and oxygen atoms in total. The molecule has 0 spiro atoms. The van der Waals surface area contributed by atoms with Gasteiger partial charge in [0.15, 0.2) is 0 Å². The summed E-state index contributed by atoms with van der Waals surface area (Å²) < 4.78 is 5.03. The lowest BCUT2D eigenvalue weighted by atomic mass is 10.0. The molecule has 0 heterocycles. The molecule has 0 N–H and O–H groups in total. The third-order valence-corrected chi connectivity index (χ3v) is 3.59. The van der Waals surface area contributed by atoms with Crippen LogP contribution in [0.2, 0.25) is 0 Å². The molecule has 0 unspecified atom stereocenters. The predicted octanol–water partition coefficient (Wildman–Crippen LogP) is 4.96. The lowest BCUT2D eigenvalue weighted by molar-refractivity contribution is -0.137. The van der Waals surface area contributed by atoms with Crippen LogP contribution in [-0.2, 0) is 9.53 Å². The van der Waals surface area contributed by atoms with E-state index in [-0.39, 0.29) is 5.97 Å². The Morgan fingerprint density at radius 1 is 0.955 bits per heavy atom. The molecule has 3 aromatic rings. The van der Waals surface area contributed by atoms with Crippen molar-refractivity contribution in [3.8, 4) is 0 Å². The Labute approximate surface area is 130 Å². The van der Waals surface area contributed by atoms with Crippen molar-refractivity contribution < 1.29 is 9.53 Å². The van der Waals surface area contributed by atoms with Gasteiger partial charge in [-0.1, -0.05) is 43.3 Å². The van der Waals surface area contributed by atoms with Gasteiger partial charge in [0.2, 0.25) is 0 Å². The molecule has 0 aliphatic rings. The van der Waals surface area contributed by atoms with E-state index in [0.717, 1.165) is 12.0 Å². The highest BCUT2D eigenvalue weighted by Crippen LogP contribution is 2.24. The zero-order valence-electron chi connectivity index (χ0n) is 12.6. The summed E-state index contributed by atoms with van der Waals surface area (Å²) in [5, 5.41) is 4.83. The van der Waals surface area contributed by atoms with Crippen LogP contribution in [0.15, 0.2) is 60.7 Å². The van der Waals surface area contributed by atoms with Gasteiger partial charge in [-0.3, -0.25) is 0 Å². The molecule has 0 amide bonds. The maximum atomic E-state index is 11.5. The Kier molecular flexibility index (Phi) is 4.19. The standard InChI is InChI=1S/C20H18O2/c1-2-11-22-20(21)10-8-15-7-9-18-13-16-5-3-4-6-17(16)14-19(18)12-15/h3-10,12-14H,2,11H2,1H3. The van der Waals surface area contributed by atoms with E-state index in [1.165, 1.54) is 27.6 Å². The first-order valence-electron chi connectivity index (χ1n) is 7.53. The molecule has 0 aliphatic carbocycles. The Balaban J connectivity index is 1.90. The molecule has 110 valence electrons. The zero-order chi connectivity index (χ0) is 15.4. The van der Waals surface area contributed by atoms with E-state index in [1.54, 1.807) is 6.08 Å². The van der Waals surface area contributed by atoms with E-state index in [2.05, 4.69) is 36.4 Å². The summed E-state index contributed by atoms with van der Waals surface area (Å²) in [7, 11) is 0. The van der Waals surface area contributed by atoms with Gasteiger partial charge in [-0.2, -0.15) is 0 Å². The fraction of sp³-hybridized carbons (Fsp3) is 0.150. The van der Waals surface area contributed by atoms with Crippen molar-refractivity contribution in [2.75, 3.05) is 6.61 Å². The molecule has 0 saturated carbocycles. The Morgan fingerprint density at radius 2 is 1.64 bits per heavy atom. The third-order valence-electron chi connectivity index (χ3n) is 3.59. The Morgan fingerprint density at radius 3 is 2.36 bits per heavy atom. The van der Waals surface area contributed by atoms with Gasteiger partial charge in [0.25, 0.3) is 0 Å². The van der Waals surface area contributed by atoms with Crippen LogP contribution in [0.25, 0.3) is 27.6 Å². The molecule has 0 aliphatic heterocycles. The van der Waals surface area contributed by atoms with Gasteiger partial charge in [0.1, 0.15) is 0 Å². The van der Waals surface area contributed by atoms with Gasteiger partial charge in [-0.15, -0.1) is 0 Å². The number of fused-ring (bicyclic) bond motifs is 2. The van der Waals surface area contributed by atoms with Crippen LogP contribution in [0.4, 0.5) is 0 Å². The fourth-order valence-corrected chi connectivity index (χ4v) is 2.48. The monoisotopic (exact) mass is 290 g/mol. The predicted molar refractivity (Wildman–Crippen MR) is 91.7 cm³/mol. The summed E-state index contributed by atoms with van der Waals surface area (Å²) in [5.41, 5.74) is 0.997. The second-order valence-corrected chi connectivity index (χ2v) is 5.31. The summed E-state index contributed by atoms with van der Waals surface area (Å²) >= 11 is 0. The minimum atomic E-state index is -0.291. The smallest absolute Gasteiger partial charge is 0.330 e. The minimum absolute atomic E-state index is 0.291. The molecule has 0 bridgehead atoms. The van der Waals surface area contributed by atoms with Crippen molar-refractivity contribution in [3.63, 3.8) is 0 Å². The van der Waals surface area contributed by atoms with Crippen LogP contribution in [-0.4, -0.2) is 12.6 Å². The summed E-state index contributed by atoms with van der Waals surface area (Å²) in [6.07, 6.45) is 4.12. The van der Waals surface area contributed by atoms with Crippen molar-refractivity contribution in [2.24, 2.45) is 0 Å². The lowest BCUT2D eigenvalue weighted by Gasteiger charge is -2.03. The highest BCUT2D eigenvalue weighted by Gasteiger charge is 1.99. The first kappa shape index (κ1) is 14.3. The quantitative estimate of drug-likeness (QED) is 0.385. The van der Waals surface area contributed by atoms with Gasteiger partial charge in [0.05, 0.1) is 6.61 Å². The average Bonchev–Trinajstić information content (AvgIpc) is 2.56. The molecule has 0 fully saturated rings. The fourth-order valence-electron chi connectivity index (χ4n) is 2.48.